The van der Waals surface area contributed by atoms with E-state index in [2.05, 4.69) is 5.32 Å². The van der Waals surface area contributed by atoms with Crippen molar-refractivity contribution in [3.05, 3.63) is 29.8 Å². The summed E-state index contributed by atoms with van der Waals surface area (Å²) in [5.41, 5.74) is 7.33. The lowest BCUT2D eigenvalue weighted by molar-refractivity contribution is -0.117. The van der Waals surface area contributed by atoms with Gasteiger partial charge in [-0.15, -0.1) is 0 Å². The molecule has 0 saturated carbocycles. The minimum absolute atomic E-state index is 0.0414. The fraction of sp³-hybridized carbons (Fsp3) is 0.500. The van der Waals surface area contributed by atoms with E-state index in [1.807, 2.05) is 36.1 Å². The van der Waals surface area contributed by atoms with Crippen LogP contribution < -0.4 is 11.1 Å². The van der Waals surface area contributed by atoms with Crippen molar-refractivity contribution in [2.75, 3.05) is 31.6 Å². The van der Waals surface area contributed by atoms with Gasteiger partial charge in [0.1, 0.15) is 0 Å². The Morgan fingerprint density at radius 2 is 2.05 bits per heavy atom. The fourth-order valence-electron chi connectivity index (χ4n) is 1.77. The number of amides is 1. The number of anilines is 1. The first-order valence-corrected chi connectivity index (χ1v) is 6.61. The van der Waals surface area contributed by atoms with Crippen LogP contribution in [0.3, 0.4) is 0 Å². The summed E-state index contributed by atoms with van der Waals surface area (Å²) in [6.07, 6.45) is 0.687. The molecule has 0 heterocycles. The minimum atomic E-state index is -0.0414. The molecule has 106 valence electrons. The van der Waals surface area contributed by atoms with E-state index in [0.717, 1.165) is 24.3 Å². The summed E-state index contributed by atoms with van der Waals surface area (Å²) in [7, 11) is 0. The van der Waals surface area contributed by atoms with Crippen LogP contribution >= 0.6 is 0 Å². The Hall–Kier alpha value is -1.43. The molecule has 0 atom stereocenters. The van der Waals surface area contributed by atoms with Gasteiger partial charge < -0.3 is 16.2 Å². The molecule has 5 heteroatoms. The number of aliphatic hydroxyl groups excluding tert-OH is 1. The van der Waals surface area contributed by atoms with E-state index < -0.39 is 0 Å². The maximum atomic E-state index is 11.9. The molecular weight excluding hydrogens is 242 g/mol. The van der Waals surface area contributed by atoms with Crippen LogP contribution in [0.25, 0.3) is 0 Å². The fourth-order valence-corrected chi connectivity index (χ4v) is 1.77. The second-order valence-corrected chi connectivity index (χ2v) is 4.40. The zero-order valence-electron chi connectivity index (χ0n) is 11.4. The van der Waals surface area contributed by atoms with Crippen LogP contribution in [0.1, 0.15) is 18.9 Å². The number of likely N-dealkylation sites (N-methyl/N-ethyl adjacent to an activating group) is 1. The van der Waals surface area contributed by atoms with Gasteiger partial charge in [-0.05, 0) is 30.7 Å². The Morgan fingerprint density at radius 3 is 2.58 bits per heavy atom. The predicted molar refractivity (Wildman–Crippen MR) is 76.8 cm³/mol. The molecule has 0 unspecified atom stereocenters. The third-order valence-corrected chi connectivity index (χ3v) is 2.92. The van der Waals surface area contributed by atoms with Gasteiger partial charge in [-0.2, -0.15) is 0 Å². The van der Waals surface area contributed by atoms with Crippen molar-refractivity contribution in [3.63, 3.8) is 0 Å². The first-order chi connectivity index (χ1) is 9.19. The van der Waals surface area contributed by atoms with E-state index in [0.29, 0.717) is 19.5 Å². The smallest absolute Gasteiger partial charge is 0.238 e. The molecule has 19 heavy (non-hydrogen) atoms. The predicted octanol–water partition coefficient (Wildman–Crippen LogP) is 0.788. The highest BCUT2D eigenvalue weighted by atomic mass is 16.3. The van der Waals surface area contributed by atoms with Crippen LogP contribution in [-0.4, -0.2) is 42.2 Å². The molecule has 4 N–H and O–H groups in total. The van der Waals surface area contributed by atoms with Crippen LogP contribution in [0.4, 0.5) is 5.69 Å². The van der Waals surface area contributed by atoms with Gasteiger partial charge in [0.2, 0.25) is 5.91 Å². The van der Waals surface area contributed by atoms with Crippen LogP contribution in [0.15, 0.2) is 24.3 Å². The molecule has 0 aliphatic carbocycles. The first kappa shape index (κ1) is 15.6. The van der Waals surface area contributed by atoms with Gasteiger partial charge in [0.25, 0.3) is 0 Å². The van der Waals surface area contributed by atoms with E-state index in [-0.39, 0.29) is 12.5 Å². The molecule has 1 aromatic carbocycles. The quantitative estimate of drug-likeness (QED) is 0.649. The maximum absolute atomic E-state index is 11.9. The molecule has 0 radical (unpaired) electrons. The third kappa shape index (κ3) is 5.83. The SMILES string of the molecule is CCN(CCCO)CC(=O)Nc1ccc(CN)cc1. The molecule has 0 bridgehead atoms. The van der Waals surface area contributed by atoms with Gasteiger partial charge in [-0.1, -0.05) is 19.1 Å². The number of carbonyl (C=O) groups is 1. The summed E-state index contributed by atoms with van der Waals surface area (Å²) < 4.78 is 0. The first-order valence-electron chi connectivity index (χ1n) is 6.61. The summed E-state index contributed by atoms with van der Waals surface area (Å²) in [5, 5.41) is 11.6. The van der Waals surface area contributed by atoms with Gasteiger partial charge in [0, 0.05) is 25.4 Å². The van der Waals surface area contributed by atoms with Gasteiger partial charge in [0.05, 0.1) is 6.54 Å². The number of hydrogen-bond acceptors (Lipinski definition) is 4. The highest BCUT2D eigenvalue weighted by Crippen LogP contribution is 2.09. The van der Waals surface area contributed by atoms with Crippen LogP contribution in [0, 0.1) is 0 Å². The van der Waals surface area contributed by atoms with Gasteiger partial charge in [-0.3, -0.25) is 9.69 Å². The average Bonchev–Trinajstić information content (AvgIpc) is 2.44. The van der Waals surface area contributed by atoms with Crippen LogP contribution in [0.2, 0.25) is 0 Å². The average molecular weight is 265 g/mol. The number of nitrogens with zero attached hydrogens (tertiary/aromatic N) is 1. The molecule has 0 aromatic heterocycles. The van der Waals surface area contributed by atoms with Gasteiger partial charge in [-0.25, -0.2) is 0 Å². The molecule has 1 rings (SSSR count). The van der Waals surface area contributed by atoms with Crippen molar-refractivity contribution < 1.29 is 9.90 Å². The molecule has 0 fully saturated rings. The summed E-state index contributed by atoms with van der Waals surface area (Å²) >= 11 is 0. The lowest BCUT2D eigenvalue weighted by atomic mass is 10.2. The van der Waals surface area contributed by atoms with E-state index in [1.54, 1.807) is 0 Å². The molecule has 0 aliphatic heterocycles. The normalized spacial score (nSPS) is 10.7. The Bertz CT molecular complexity index is 379. The zero-order chi connectivity index (χ0) is 14.1. The summed E-state index contributed by atoms with van der Waals surface area (Å²) in [6, 6.07) is 7.51. The molecule has 1 aromatic rings. The standard InChI is InChI=1S/C14H23N3O2/c1-2-17(8-3-9-18)11-14(19)16-13-6-4-12(10-15)5-7-13/h4-7,18H,2-3,8-11,15H2,1H3,(H,16,19). The van der Waals surface area contributed by atoms with Crippen LogP contribution in [0.5, 0.6) is 0 Å². The van der Waals surface area contributed by atoms with Crippen molar-refractivity contribution in [1.82, 2.24) is 4.90 Å². The van der Waals surface area contributed by atoms with Crippen molar-refractivity contribution in [2.24, 2.45) is 5.73 Å². The molecule has 1 amide bonds. The molecule has 0 spiro atoms. The van der Waals surface area contributed by atoms with E-state index in [1.165, 1.54) is 0 Å². The Labute approximate surface area is 114 Å². The third-order valence-electron chi connectivity index (χ3n) is 2.92. The largest absolute Gasteiger partial charge is 0.396 e. The van der Waals surface area contributed by atoms with Crippen LogP contribution in [-0.2, 0) is 11.3 Å². The van der Waals surface area contributed by atoms with E-state index in [4.69, 9.17) is 10.8 Å². The van der Waals surface area contributed by atoms with Crippen molar-refractivity contribution in [1.29, 1.82) is 0 Å². The molecule has 0 saturated heterocycles. The number of aliphatic hydroxyl groups is 1. The minimum Gasteiger partial charge on any atom is -0.396 e. The maximum Gasteiger partial charge on any atom is 0.238 e. The number of benzene rings is 1. The van der Waals surface area contributed by atoms with Gasteiger partial charge >= 0.3 is 0 Å². The number of nitrogens with two attached hydrogens (primary N) is 1. The highest BCUT2D eigenvalue weighted by molar-refractivity contribution is 5.92. The number of nitrogens with one attached hydrogen (secondary N) is 1. The van der Waals surface area contributed by atoms with Gasteiger partial charge in [0.15, 0.2) is 0 Å². The Balaban J connectivity index is 2.44. The van der Waals surface area contributed by atoms with Crippen molar-refractivity contribution in [3.8, 4) is 0 Å². The summed E-state index contributed by atoms with van der Waals surface area (Å²) in [6.45, 7) is 4.51. The second-order valence-electron chi connectivity index (χ2n) is 4.40. The second kappa shape index (κ2) is 8.63. The Kier molecular flexibility index (Phi) is 7.10. The summed E-state index contributed by atoms with van der Waals surface area (Å²) in [5.74, 6) is -0.0414. The Morgan fingerprint density at radius 1 is 1.37 bits per heavy atom. The topological polar surface area (TPSA) is 78.6 Å². The highest BCUT2D eigenvalue weighted by Gasteiger charge is 2.08. The molecular formula is C14H23N3O2. The lowest BCUT2D eigenvalue weighted by Crippen LogP contribution is -2.34. The molecule has 0 aliphatic rings. The number of carbonyl (C=O) groups excluding carboxylic acids is 1. The van der Waals surface area contributed by atoms with Crippen molar-refractivity contribution >= 4 is 11.6 Å². The number of hydrogen-bond donors (Lipinski definition) is 3. The van der Waals surface area contributed by atoms with E-state index >= 15 is 0 Å². The lowest BCUT2D eigenvalue weighted by Gasteiger charge is -2.19. The molecule has 5 nitrogen and oxygen atoms in total. The van der Waals surface area contributed by atoms with Crippen molar-refractivity contribution in [2.45, 2.75) is 19.9 Å². The summed E-state index contributed by atoms with van der Waals surface area (Å²) in [4.78, 5) is 13.9. The number of rotatable bonds is 8. The zero-order valence-corrected chi connectivity index (χ0v) is 11.4. The van der Waals surface area contributed by atoms with E-state index in [9.17, 15) is 4.79 Å². The monoisotopic (exact) mass is 265 g/mol.